The molecule has 0 unspecified atom stereocenters. The number of aryl methyl sites for hydroxylation is 2. The number of rotatable bonds is 4. The number of hydrogen-bond donors (Lipinski definition) is 1. The minimum Gasteiger partial charge on any atom is -0.391 e. The summed E-state index contributed by atoms with van der Waals surface area (Å²) in [4.78, 5) is 0. The van der Waals surface area contributed by atoms with Gasteiger partial charge in [0, 0.05) is 5.56 Å². The molecule has 2 aromatic rings. The summed E-state index contributed by atoms with van der Waals surface area (Å²) in [6.45, 7) is 4.04. The molecule has 4 heteroatoms. The predicted molar refractivity (Wildman–Crippen MR) is 73.2 cm³/mol. The Morgan fingerprint density at radius 2 is 2.06 bits per heavy atom. The third kappa shape index (κ3) is 2.28. The van der Waals surface area contributed by atoms with Gasteiger partial charge in [0.25, 0.3) is 0 Å². The van der Waals surface area contributed by atoms with Gasteiger partial charge in [-0.05, 0) is 25.0 Å². The molecular weight excluding hydrogens is 248 g/mol. The molecule has 96 valence electrons. The Hall–Kier alpha value is -1.32. The van der Waals surface area contributed by atoms with Crippen molar-refractivity contribution in [3.05, 3.63) is 46.2 Å². The number of benzene rings is 1. The molecule has 3 nitrogen and oxygen atoms in total. The first-order chi connectivity index (χ1) is 8.69. The third-order valence-corrected chi connectivity index (χ3v) is 3.38. The predicted octanol–water partition coefficient (Wildman–Crippen LogP) is 3.28. The number of halogens is 1. The highest BCUT2D eigenvalue weighted by atomic mass is 35.5. The summed E-state index contributed by atoms with van der Waals surface area (Å²) in [5.41, 5.74) is 3.68. The van der Waals surface area contributed by atoms with Gasteiger partial charge in [0.2, 0.25) is 0 Å². The van der Waals surface area contributed by atoms with E-state index in [0.29, 0.717) is 5.15 Å². The largest absolute Gasteiger partial charge is 0.391 e. The van der Waals surface area contributed by atoms with Crippen LogP contribution in [-0.4, -0.2) is 14.9 Å². The Morgan fingerprint density at radius 1 is 1.33 bits per heavy atom. The van der Waals surface area contributed by atoms with Crippen molar-refractivity contribution in [3.8, 4) is 5.69 Å². The standard InChI is InChI=1S/C14H17ClN2O/c1-3-6-12-11(9-18)14(15)17(16-12)13-8-5-4-7-10(13)2/h4-5,7-8,18H,3,6,9H2,1-2H3. The van der Waals surface area contributed by atoms with E-state index in [1.807, 2.05) is 31.2 Å². The Bertz CT molecular complexity index is 549. The van der Waals surface area contributed by atoms with Crippen LogP contribution >= 0.6 is 11.6 Å². The summed E-state index contributed by atoms with van der Waals surface area (Å²) in [5, 5.41) is 14.5. The third-order valence-electron chi connectivity index (χ3n) is 2.99. The molecule has 0 aliphatic carbocycles. The average Bonchev–Trinajstić information content (AvgIpc) is 2.67. The van der Waals surface area contributed by atoms with Crippen molar-refractivity contribution in [2.24, 2.45) is 0 Å². The van der Waals surface area contributed by atoms with Crippen LogP contribution in [0.4, 0.5) is 0 Å². The van der Waals surface area contributed by atoms with Gasteiger partial charge in [-0.15, -0.1) is 0 Å². The molecule has 1 aromatic heterocycles. The highest BCUT2D eigenvalue weighted by Crippen LogP contribution is 2.26. The summed E-state index contributed by atoms with van der Waals surface area (Å²) < 4.78 is 1.72. The Labute approximate surface area is 112 Å². The van der Waals surface area contributed by atoms with Crippen LogP contribution in [0.2, 0.25) is 5.15 Å². The SMILES string of the molecule is CCCc1nn(-c2ccccc2C)c(Cl)c1CO. The first-order valence-electron chi connectivity index (χ1n) is 6.12. The molecule has 0 spiro atoms. The quantitative estimate of drug-likeness (QED) is 0.920. The zero-order valence-corrected chi connectivity index (χ0v) is 11.4. The van der Waals surface area contributed by atoms with Gasteiger partial charge in [-0.2, -0.15) is 5.10 Å². The first kappa shape index (κ1) is 13.1. The normalized spacial score (nSPS) is 10.9. The highest BCUT2D eigenvalue weighted by Gasteiger charge is 2.16. The van der Waals surface area contributed by atoms with Gasteiger partial charge in [-0.25, -0.2) is 4.68 Å². The van der Waals surface area contributed by atoms with Gasteiger partial charge in [0.15, 0.2) is 0 Å². The van der Waals surface area contributed by atoms with Gasteiger partial charge in [-0.1, -0.05) is 43.1 Å². The fraction of sp³-hybridized carbons (Fsp3) is 0.357. The summed E-state index contributed by atoms with van der Waals surface area (Å²) in [6, 6.07) is 7.94. The maximum absolute atomic E-state index is 9.42. The Balaban J connectivity index is 2.55. The average molecular weight is 265 g/mol. The second-order valence-corrected chi connectivity index (χ2v) is 4.68. The van der Waals surface area contributed by atoms with Crippen LogP contribution in [0, 0.1) is 6.92 Å². The molecule has 2 rings (SSSR count). The van der Waals surface area contributed by atoms with Gasteiger partial charge in [0.1, 0.15) is 5.15 Å². The van der Waals surface area contributed by atoms with Gasteiger partial charge < -0.3 is 5.11 Å². The van der Waals surface area contributed by atoms with E-state index in [9.17, 15) is 5.11 Å². The number of hydrogen-bond acceptors (Lipinski definition) is 2. The lowest BCUT2D eigenvalue weighted by atomic mass is 10.2. The lowest BCUT2D eigenvalue weighted by Crippen LogP contribution is -1.99. The van der Waals surface area contributed by atoms with Gasteiger partial charge in [-0.3, -0.25) is 0 Å². The molecule has 0 aliphatic rings. The number of nitrogens with zero attached hydrogens (tertiary/aromatic N) is 2. The van der Waals surface area contributed by atoms with Crippen LogP contribution in [0.3, 0.4) is 0 Å². The van der Waals surface area contributed by atoms with Crippen LogP contribution in [0.25, 0.3) is 5.69 Å². The summed E-state index contributed by atoms with van der Waals surface area (Å²) >= 11 is 6.31. The van der Waals surface area contributed by atoms with Crippen molar-refractivity contribution in [3.63, 3.8) is 0 Å². The number of aliphatic hydroxyl groups is 1. The second-order valence-electron chi connectivity index (χ2n) is 4.32. The number of aliphatic hydroxyl groups excluding tert-OH is 1. The maximum atomic E-state index is 9.42. The van der Waals surface area contributed by atoms with Crippen LogP contribution in [0.5, 0.6) is 0 Å². The molecule has 18 heavy (non-hydrogen) atoms. The van der Waals surface area contributed by atoms with Crippen molar-refractivity contribution in [2.75, 3.05) is 0 Å². The molecule has 0 saturated carbocycles. The van der Waals surface area contributed by atoms with Crippen molar-refractivity contribution in [1.82, 2.24) is 9.78 Å². The zero-order chi connectivity index (χ0) is 13.1. The monoisotopic (exact) mass is 264 g/mol. The fourth-order valence-corrected chi connectivity index (χ4v) is 2.32. The molecule has 0 amide bonds. The molecule has 1 heterocycles. The zero-order valence-electron chi connectivity index (χ0n) is 10.7. The molecule has 1 N–H and O–H groups in total. The minimum absolute atomic E-state index is 0.0694. The lowest BCUT2D eigenvalue weighted by molar-refractivity contribution is 0.280. The van der Waals surface area contributed by atoms with Crippen LogP contribution < -0.4 is 0 Å². The molecule has 1 aromatic carbocycles. The highest BCUT2D eigenvalue weighted by molar-refractivity contribution is 6.30. The summed E-state index contributed by atoms with van der Waals surface area (Å²) in [5.74, 6) is 0. The Kier molecular flexibility index (Phi) is 4.04. The summed E-state index contributed by atoms with van der Waals surface area (Å²) in [6.07, 6.45) is 1.81. The van der Waals surface area contributed by atoms with Crippen molar-refractivity contribution < 1.29 is 5.11 Å². The molecule has 0 aliphatic heterocycles. The minimum atomic E-state index is -0.0694. The van der Waals surface area contributed by atoms with E-state index >= 15 is 0 Å². The van der Waals surface area contributed by atoms with Crippen LogP contribution in [-0.2, 0) is 13.0 Å². The maximum Gasteiger partial charge on any atom is 0.138 e. The molecule has 0 saturated heterocycles. The van der Waals surface area contributed by atoms with E-state index in [1.165, 1.54) is 0 Å². The van der Waals surface area contributed by atoms with E-state index < -0.39 is 0 Å². The molecule has 0 bridgehead atoms. The van der Waals surface area contributed by atoms with Gasteiger partial charge >= 0.3 is 0 Å². The van der Waals surface area contributed by atoms with E-state index in [1.54, 1.807) is 4.68 Å². The molecule has 0 fully saturated rings. The lowest BCUT2D eigenvalue weighted by Gasteiger charge is -2.06. The fourth-order valence-electron chi connectivity index (χ4n) is 2.03. The van der Waals surface area contributed by atoms with E-state index in [-0.39, 0.29) is 6.61 Å². The van der Waals surface area contributed by atoms with Gasteiger partial charge in [0.05, 0.1) is 18.0 Å². The smallest absolute Gasteiger partial charge is 0.138 e. The van der Waals surface area contributed by atoms with E-state index in [4.69, 9.17) is 11.6 Å². The topological polar surface area (TPSA) is 38.0 Å². The summed E-state index contributed by atoms with van der Waals surface area (Å²) in [7, 11) is 0. The van der Waals surface area contributed by atoms with Crippen molar-refractivity contribution >= 4 is 11.6 Å². The molecular formula is C14H17ClN2O. The van der Waals surface area contributed by atoms with Crippen molar-refractivity contribution in [1.29, 1.82) is 0 Å². The van der Waals surface area contributed by atoms with Crippen LogP contribution in [0.1, 0.15) is 30.2 Å². The number of aromatic nitrogens is 2. The second kappa shape index (κ2) is 5.55. The van der Waals surface area contributed by atoms with Crippen molar-refractivity contribution in [2.45, 2.75) is 33.3 Å². The Morgan fingerprint density at radius 3 is 2.67 bits per heavy atom. The van der Waals surface area contributed by atoms with E-state index in [2.05, 4.69) is 12.0 Å². The van der Waals surface area contributed by atoms with Crippen LogP contribution in [0.15, 0.2) is 24.3 Å². The molecule has 0 radical (unpaired) electrons. The van der Waals surface area contributed by atoms with E-state index in [0.717, 1.165) is 35.3 Å². The number of para-hydroxylation sites is 1. The molecule has 0 atom stereocenters. The first-order valence-corrected chi connectivity index (χ1v) is 6.50.